The molecule has 1 aliphatic heterocycles. The smallest absolute Gasteiger partial charge is 0.273 e. The molecular formula is C23H21N3O4S2. The first-order chi connectivity index (χ1) is 15.5. The summed E-state index contributed by atoms with van der Waals surface area (Å²) in [4.78, 5) is 29.3. The molecular weight excluding hydrogens is 446 g/mol. The van der Waals surface area contributed by atoms with Crippen LogP contribution in [0.3, 0.4) is 0 Å². The standard InChI is InChI=1S/C23H21N3O4S2/c1-15-7-12-31-19(15)13-20-22(28)26(17-5-3-4-6-18(17)29-2)23(32-20)16(14-24)21(27)25-8-10-30-11-9-25/h3-7,12-13H,8-11H2,1-2H3/b20-13+,23-16-. The summed E-state index contributed by atoms with van der Waals surface area (Å²) in [6.45, 7) is 3.63. The van der Waals surface area contributed by atoms with Gasteiger partial charge in [-0.1, -0.05) is 12.1 Å². The first-order valence-corrected chi connectivity index (χ1v) is 11.7. The van der Waals surface area contributed by atoms with Gasteiger partial charge in [-0.05, 0) is 42.1 Å². The summed E-state index contributed by atoms with van der Waals surface area (Å²) >= 11 is 2.67. The summed E-state index contributed by atoms with van der Waals surface area (Å²) < 4.78 is 12.9. The Morgan fingerprint density at radius 2 is 2.00 bits per heavy atom. The Kier molecular flexibility index (Phi) is 6.55. The van der Waals surface area contributed by atoms with E-state index in [0.29, 0.717) is 46.9 Å². The van der Waals surface area contributed by atoms with Gasteiger partial charge >= 0.3 is 0 Å². The summed E-state index contributed by atoms with van der Waals surface area (Å²) in [6, 6.07) is 11.1. The van der Waals surface area contributed by atoms with E-state index in [2.05, 4.69) is 6.07 Å². The first kappa shape index (κ1) is 22.0. The average Bonchev–Trinajstić information content (AvgIpc) is 3.37. The first-order valence-electron chi connectivity index (χ1n) is 9.97. The number of rotatable bonds is 4. The van der Waals surface area contributed by atoms with Crippen molar-refractivity contribution >= 4 is 40.2 Å². The average molecular weight is 468 g/mol. The molecule has 164 valence electrons. The second-order valence-electron chi connectivity index (χ2n) is 7.09. The van der Waals surface area contributed by atoms with E-state index >= 15 is 0 Å². The molecule has 3 aromatic rings. The molecule has 2 aromatic heterocycles. The van der Waals surface area contributed by atoms with Gasteiger partial charge in [0.25, 0.3) is 11.5 Å². The molecule has 0 unspecified atom stereocenters. The molecule has 1 aromatic carbocycles. The van der Waals surface area contributed by atoms with Crippen molar-refractivity contribution in [2.45, 2.75) is 6.92 Å². The zero-order chi connectivity index (χ0) is 22.7. The molecule has 0 bridgehead atoms. The third-order valence-electron chi connectivity index (χ3n) is 5.15. The van der Waals surface area contributed by atoms with Crippen LogP contribution in [0.1, 0.15) is 10.4 Å². The monoisotopic (exact) mass is 467 g/mol. The second kappa shape index (κ2) is 9.53. The van der Waals surface area contributed by atoms with Crippen LogP contribution in [0.4, 0.5) is 0 Å². The third kappa shape index (κ3) is 4.12. The molecule has 4 rings (SSSR count). The van der Waals surface area contributed by atoms with Crippen LogP contribution in [0.2, 0.25) is 0 Å². The zero-order valence-electron chi connectivity index (χ0n) is 17.7. The lowest BCUT2D eigenvalue weighted by Gasteiger charge is -2.26. The molecule has 1 saturated heterocycles. The Morgan fingerprint density at radius 1 is 1.25 bits per heavy atom. The van der Waals surface area contributed by atoms with Gasteiger partial charge in [-0.3, -0.25) is 14.2 Å². The number of methoxy groups -OCH3 is 1. The largest absolute Gasteiger partial charge is 0.495 e. The Labute approximate surface area is 192 Å². The zero-order valence-corrected chi connectivity index (χ0v) is 19.3. The lowest BCUT2D eigenvalue weighted by Crippen LogP contribution is -2.42. The Bertz CT molecular complexity index is 1370. The van der Waals surface area contributed by atoms with E-state index in [4.69, 9.17) is 9.47 Å². The van der Waals surface area contributed by atoms with Gasteiger partial charge in [0.2, 0.25) is 0 Å². The van der Waals surface area contributed by atoms with E-state index in [9.17, 15) is 14.9 Å². The normalized spacial score (nSPS) is 15.4. The van der Waals surface area contributed by atoms with Crippen LogP contribution < -0.4 is 19.5 Å². The molecule has 9 heteroatoms. The Hall–Kier alpha value is -3.19. The fourth-order valence-corrected chi connectivity index (χ4v) is 5.45. The Balaban J connectivity index is 2.04. The van der Waals surface area contributed by atoms with Gasteiger partial charge in [-0.2, -0.15) is 5.26 Å². The highest BCUT2D eigenvalue weighted by Gasteiger charge is 2.24. The van der Waals surface area contributed by atoms with Crippen molar-refractivity contribution in [3.05, 3.63) is 65.7 Å². The minimum Gasteiger partial charge on any atom is -0.495 e. The van der Waals surface area contributed by atoms with Crippen LogP contribution in [0.25, 0.3) is 17.3 Å². The van der Waals surface area contributed by atoms with Crippen molar-refractivity contribution in [3.63, 3.8) is 0 Å². The van der Waals surface area contributed by atoms with Crippen molar-refractivity contribution in [1.29, 1.82) is 5.26 Å². The molecule has 7 nitrogen and oxygen atoms in total. The van der Waals surface area contributed by atoms with E-state index in [1.165, 1.54) is 23.0 Å². The fraction of sp³-hybridized carbons (Fsp3) is 0.261. The van der Waals surface area contributed by atoms with Gasteiger partial charge in [0.15, 0.2) is 5.57 Å². The van der Waals surface area contributed by atoms with Crippen LogP contribution in [-0.4, -0.2) is 48.8 Å². The molecule has 0 N–H and O–H groups in total. The second-order valence-corrected chi connectivity index (χ2v) is 9.07. The van der Waals surface area contributed by atoms with E-state index in [1.54, 1.807) is 29.2 Å². The maximum atomic E-state index is 13.5. The number of aromatic nitrogens is 1. The number of amides is 1. The van der Waals surface area contributed by atoms with Crippen molar-refractivity contribution in [2.75, 3.05) is 33.4 Å². The Morgan fingerprint density at radius 3 is 2.66 bits per heavy atom. The van der Waals surface area contributed by atoms with Crippen LogP contribution in [-0.2, 0) is 9.53 Å². The third-order valence-corrected chi connectivity index (χ3v) is 7.21. The minimum atomic E-state index is -0.403. The highest BCUT2D eigenvalue weighted by Crippen LogP contribution is 2.20. The number of morpholine rings is 1. The van der Waals surface area contributed by atoms with Crippen molar-refractivity contribution in [2.24, 2.45) is 0 Å². The summed E-state index contributed by atoms with van der Waals surface area (Å²) in [5.41, 5.74) is 1.17. The lowest BCUT2D eigenvalue weighted by molar-refractivity contribution is -0.128. The van der Waals surface area contributed by atoms with Crippen LogP contribution in [0.15, 0.2) is 40.5 Å². The van der Waals surface area contributed by atoms with Gasteiger partial charge in [-0.15, -0.1) is 22.7 Å². The van der Waals surface area contributed by atoms with Crippen LogP contribution >= 0.6 is 22.7 Å². The van der Waals surface area contributed by atoms with Crippen molar-refractivity contribution in [1.82, 2.24) is 9.47 Å². The number of aryl methyl sites for hydroxylation is 1. The SMILES string of the molecule is COc1ccccc1-n1c(=O)/c(=C\c2sccc2C)s/c1=C(/C#N)C(=O)N1CCOCC1. The number of thiophene rings is 1. The predicted molar refractivity (Wildman–Crippen MR) is 125 cm³/mol. The fourth-order valence-electron chi connectivity index (χ4n) is 3.45. The maximum Gasteiger partial charge on any atom is 0.273 e. The van der Waals surface area contributed by atoms with E-state index in [-0.39, 0.29) is 11.1 Å². The molecule has 0 atom stereocenters. The van der Waals surface area contributed by atoms with E-state index < -0.39 is 5.91 Å². The topological polar surface area (TPSA) is 84.6 Å². The van der Waals surface area contributed by atoms with Gasteiger partial charge in [0.05, 0.1) is 30.5 Å². The molecule has 32 heavy (non-hydrogen) atoms. The molecule has 0 aliphatic carbocycles. The molecule has 0 saturated carbocycles. The van der Waals surface area contributed by atoms with Gasteiger partial charge in [-0.25, -0.2) is 0 Å². The highest BCUT2D eigenvalue weighted by atomic mass is 32.1. The highest BCUT2D eigenvalue weighted by molar-refractivity contribution is 7.11. The number of nitrogens with zero attached hydrogens (tertiary/aromatic N) is 3. The molecule has 1 amide bonds. The van der Waals surface area contributed by atoms with Crippen LogP contribution in [0, 0.1) is 18.3 Å². The van der Waals surface area contributed by atoms with Crippen molar-refractivity contribution < 1.29 is 14.3 Å². The van der Waals surface area contributed by atoms with E-state index in [0.717, 1.165) is 21.8 Å². The number of thiazole rings is 1. The summed E-state index contributed by atoms with van der Waals surface area (Å²) in [5.74, 6) is 0.0724. The number of nitriles is 1. The molecule has 0 spiro atoms. The van der Waals surface area contributed by atoms with Crippen molar-refractivity contribution in [3.8, 4) is 17.5 Å². The lowest BCUT2D eigenvalue weighted by atomic mass is 10.2. The van der Waals surface area contributed by atoms with Gasteiger partial charge in [0, 0.05) is 18.0 Å². The van der Waals surface area contributed by atoms with Gasteiger partial charge < -0.3 is 14.4 Å². The minimum absolute atomic E-state index is 0.0672. The summed E-state index contributed by atoms with van der Waals surface area (Å²) in [7, 11) is 1.52. The molecule has 1 fully saturated rings. The summed E-state index contributed by atoms with van der Waals surface area (Å²) in [5, 5.41) is 11.9. The number of carbonyl (C=O) groups is 1. The molecule has 3 heterocycles. The van der Waals surface area contributed by atoms with E-state index in [1.807, 2.05) is 24.4 Å². The maximum absolute atomic E-state index is 13.5. The number of hydrogen-bond donors (Lipinski definition) is 0. The van der Waals surface area contributed by atoms with Gasteiger partial charge in [0.1, 0.15) is 16.5 Å². The summed E-state index contributed by atoms with van der Waals surface area (Å²) in [6.07, 6.45) is 1.82. The molecule has 1 aliphatic rings. The predicted octanol–water partition coefficient (Wildman–Crippen LogP) is 1.64. The number of benzene rings is 1. The van der Waals surface area contributed by atoms with Crippen LogP contribution in [0.5, 0.6) is 5.75 Å². The number of ether oxygens (including phenoxy) is 2. The number of para-hydroxylation sites is 2. The quantitative estimate of drug-likeness (QED) is 0.583. The number of hydrogen-bond acceptors (Lipinski definition) is 7. The molecule has 0 radical (unpaired) electrons. The number of carbonyl (C=O) groups excluding carboxylic acids is 1.